The second kappa shape index (κ2) is 14.4. The fraction of sp³-hybridized carbons (Fsp3) is 0.357. The molecule has 0 fully saturated rings. The third kappa shape index (κ3) is 8.32. The monoisotopic (exact) mass is 617 g/mol. The predicted molar refractivity (Wildman–Crippen MR) is 150 cm³/mol. The number of amides is 2. The Bertz CT molecular complexity index is 1110. The summed E-state index contributed by atoms with van der Waals surface area (Å²) >= 11 is 6.89. The van der Waals surface area contributed by atoms with Crippen molar-refractivity contribution >= 4 is 43.7 Å². The zero-order chi connectivity index (χ0) is 25.9. The molecule has 0 saturated heterocycles. The maximum absolute atomic E-state index is 13.5. The molecule has 1 heterocycles. The van der Waals surface area contributed by atoms with Gasteiger partial charge in [0.2, 0.25) is 5.91 Å². The molecule has 3 aromatic rings. The summed E-state index contributed by atoms with van der Waals surface area (Å²) in [6, 6.07) is 19.5. The molecule has 0 N–H and O–H groups in total. The van der Waals surface area contributed by atoms with Crippen molar-refractivity contribution in [1.29, 1.82) is 0 Å². The van der Waals surface area contributed by atoms with Gasteiger partial charge in [0.15, 0.2) is 0 Å². The van der Waals surface area contributed by atoms with Crippen LogP contribution in [0.3, 0.4) is 0 Å². The van der Waals surface area contributed by atoms with Crippen molar-refractivity contribution in [2.75, 3.05) is 33.4 Å². The summed E-state index contributed by atoms with van der Waals surface area (Å²) in [5, 5.41) is 0. The van der Waals surface area contributed by atoms with Crippen LogP contribution in [0.4, 0.5) is 0 Å². The van der Waals surface area contributed by atoms with Gasteiger partial charge in [-0.1, -0.05) is 57.3 Å². The fourth-order valence-corrected chi connectivity index (χ4v) is 4.39. The first-order chi connectivity index (χ1) is 17.4. The molecular weight excluding hydrogens is 586 g/mol. The van der Waals surface area contributed by atoms with Crippen LogP contribution in [0.1, 0.15) is 41.4 Å². The van der Waals surface area contributed by atoms with E-state index in [4.69, 9.17) is 4.74 Å². The molecule has 1 aromatic heterocycles. The van der Waals surface area contributed by atoms with Gasteiger partial charge in [-0.15, -0.1) is 0 Å². The van der Waals surface area contributed by atoms with Gasteiger partial charge in [-0.05, 0) is 60.5 Å². The zero-order valence-electron chi connectivity index (χ0n) is 20.8. The van der Waals surface area contributed by atoms with Crippen LogP contribution in [0.5, 0.6) is 0 Å². The highest BCUT2D eigenvalue weighted by atomic mass is 79.9. The lowest BCUT2D eigenvalue weighted by Gasteiger charge is -2.28. The van der Waals surface area contributed by atoms with Gasteiger partial charge in [0.05, 0.1) is 13.2 Å². The highest BCUT2D eigenvalue weighted by Gasteiger charge is 2.23. The molecule has 0 aliphatic heterocycles. The van der Waals surface area contributed by atoms with Crippen molar-refractivity contribution in [1.82, 2.24) is 14.4 Å². The number of halogens is 2. The number of unbranched alkanes of at least 4 members (excludes halogenated alkanes) is 1. The third-order valence-electron chi connectivity index (χ3n) is 5.95. The van der Waals surface area contributed by atoms with Crippen LogP contribution >= 0.6 is 31.9 Å². The standard InChI is InChI=1S/C28H33Br2N3O3/c1-3-4-15-32(20-26-6-5-16-31(26)19-22-7-11-24(29)12-8-22)27(34)21-33(17-18-36-2)28(35)23-9-13-25(30)14-10-23/h5-14,16H,3-4,15,17-21H2,1-2H3. The number of ether oxygens (including phenoxy) is 1. The second-order valence-electron chi connectivity index (χ2n) is 8.65. The first-order valence-corrected chi connectivity index (χ1v) is 13.7. The highest BCUT2D eigenvalue weighted by molar-refractivity contribution is 9.10. The average molecular weight is 619 g/mol. The Kier molecular flexibility index (Phi) is 11.2. The van der Waals surface area contributed by atoms with Gasteiger partial charge in [-0.25, -0.2) is 0 Å². The van der Waals surface area contributed by atoms with E-state index in [0.29, 0.717) is 31.8 Å². The SMILES string of the molecule is CCCCN(Cc1cccn1Cc1ccc(Br)cc1)C(=O)CN(CCOC)C(=O)c1ccc(Br)cc1. The second-order valence-corrected chi connectivity index (χ2v) is 10.5. The minimum atomic E-state index is -0.179. The molecule has 0 aliphatic carbocycles. The van der Waals surface area contributed by atoms with E-state index in [1.54, 1.807) is 24.1 Å². The number of rotatable bonds is 13. The summed E-state index contributed by atoms with van der Waals surface area (Å²) in [6.45, 7) is 4.69. The fourth-order valence-electron chi connectivity index (χ4n) is 3.86. The quantitative estimate of drug-likeness (QED) is 0.237. The predicted octanol–water partition coefficient (Wildman–Crippen LogP) is 5.98. The number of benzene rings is 2. The van der Waals surface area contributed by atoms with Crippen molar-refractivity contribution in [3.63, 3.8) is 0 Å². The number of carbonyl (C=O) groups is 2. The lowest BCUT2D eigenvalue weighted by atomic mass is 10.2. The van der Waals surface area contributed by atoms with Crippen LogP contribution < -0.4 is 0 Å². The molecule has 8 heteroatoms. The van der Waals surface area contributed by atoms with Crippen molar-refractivity contribution in [3.8, 4) is 0 Å². The maximum atomic E-state index is 13.5. The van der Waals surface area contributed by atoms with Crippen molar-refractivity contribution in [3.05, 3.63) is 92.6 Å². The maximum Gasteiger partial charge on any atom is 0.254 e. The van der Waals surface area contributed by atoms with E-state index < -0.39 is 0 Å². The van der Waals surface area contributed by atoms with E-state index in [0.717, 1.165) is 34.0 Å². The van der Waals surface area contributed by atoms with E-state index in [-0.39, 0.29) is 18.4 Å². The van der Waals surface area contributed by atoms with Crippen molar-refractivity contribution in [2.24, 2.45) is 0 Å². The van der Waals surface area contributed by atoms with Crippen LogP contribution in [-0.2, 0) is 22.6 Å². The Morgan fingerprint density at radius 2 is 1.58 bits per heavy atom. The summed E-state index contributed by atoms with van der Waals surface area (Å²) in [5.41, 5.74) is 2.79. The van der Waals surface area contributed by atoms with Gasteiger partial charge in [0.1, 0.15) is 6.54 Å². The van der Waals surface area contributed by atoms with Gasteiger partial charge in [-0.2, -0.15) is 0 Å². The molecule has 0 atom stereocenters. The molecule has 0 aliphatic rings. The van der Waals surface area contributed by atoms with E-state index in [1.165, 1.54) is 5.56 Å². The minimum absolute atomic E-state index is 0.00932. The lowest BCUT2D eigenvalue weighted by molar-refractivity contribution is -0.132. The van der Waals surface area contributed by atoms with Crippen LogP contribution in [0.2, 0.25) is 0 Å². The molecule has 6 nitrogen and oxygen atoms in total. The van der Waals surface area contributed by atoms with Crippen LogP contribution in [-0.4, -0.2) is 59.5 Å². The smallest absolute Gasteiger partial charge is 0.254 e. The molecule has 192 valence electrons. The van der Waals surface area contributed by atoms with E-state index in [2.05, 4.69) is 61.5 Å². The van der Waals surface area contributed by atoms with E-state index >= 15 is 0 Å². The first kappa shape index (κ1) is 28.2. The summed E-state index contributed by atoms with van der Waals surface area (Å²) in [7, 11) is 1.59. The van der Waals surface area contributed by atoms with Gasteiger partial charge in [0.25, 0.3) is 5.91 Å². The van der Waals surface area contributed by atoms with Gasteiger partial charge in [-0.3, -0.25) is 9.59 Å². The molecule has 0 spiro atoms. The Morgan fingerprint density at radius 3 is 2.22 bits per heavy atom. The van der Waals surface area contributed by atoms with Gasteiger partial charge < -0.3 is 19.1 Å². The summed E-state index contributed by atoms with van der Waals surface area (Å²) in [6.07, 6.45) is 3.93. The van der Waals surface area contributed by atoms with Crippen LogP contribution in [0.25, 0.3) is 0 Å². The highest BCUT2D eigenvalue weighted by Crippen LogP contribution is 2.16. The first-order valence-electron chi connectivity index (χ1n) is 12.1. The van der Waals surface area contributed by atoms with Crippen LogP contribution in [0, 0.1) is 0 Å². The molecule has 0 unspecified atom stereocenters. The number of nitrogens with zero attached hydrogens (tertiary/aromatic N) is 3. The summed E-state index contributed by atoms with van der Waals surface area (Å²) in [4.78, 5) is 30.2. The molecule has 2 amide bonds. The zero-order valence-corrected chi connectivity index (χ0v) is 24.0. The van der Waals surface area contributed by atoms with E-state index in [1.807, 2.05) is 41.4 Å². The molecule has 36 heavy (non-hydrogen) atoms. The molecule has 0 radical (unpaired) electrons. The molecule has 0 saturated carbocycles. The number of aromatic nitrogens is 1. The average Bonchev–Trinajstić information content (AvgIpc) is 3.31. The summed E-state index contributed by atoms with van der Waals surface area (Å²) < 4.78 is 9.33. The summed E-state index contributed by atoms with van der Waals surface area (Å²) in [5.74, 6) is -0.247. The largest absolute Gasteiger partial charge is 0.383 e. The van der Waals surface area contributed by atoms with Gasteiger partial charge >= 0.3 is 0 Å². The topological polar surface area (TPSA) is 54.8 Å². The normalized spacial score (nSPS) is 10.9. The minimum Gasteiger partial charge on any atom is -0.383 e. The Labute approximate surface area is 230 Å². The molecule has 3 rings (SSSR count). The Hall–Kier alpha value is -2.42. The van der Waals surface area contributed by atoms with Crippen molar-refractivity contribution in [2.45, 2.75) is 32.9 Å². The molecule has 2 aromatic carbocycles. The number of hydrogen-bond donors (Lipinski definition) is 0. The Morgan fingerprint density at radius 1 is 0.917 bits per heavy atom. The van der Waals surface area contributed by atoms with Crippen LogP contribution in [0.15, 0.2) is 75.8 Å². The lowest BCUT2D eigenvalue weighted by Crippen LogP contribution is -2.44. The molecule has 0 bridgehead atoms. The number of hydrogen-bond acceptors (Lipinski definition) is 3. The van der Waals surface area contributed by atoms with E-state index in [9.17, 15) is 9.59 Å². The Balaban J connectivity index is 1.75. The number of carbonyl (C=O) groups excluding carboxylic acids is 2. The third-order valence-corrected chi connectivity index (χ3v) is 7.00. The molecular formula is C28H33Br2N3O3. The van der Waals surface area contributed by atoms with Crippen molar-refractivity contribution < 1.29 is 14.3 Å². The number of methoxy groups -OCH3 is 1. The van der Waals surface area contributed by atoms with Gasteiger partial charge in [0, 0.05) is 53.1 Å².